The molecule has 0 bridgehead atoms. The number of fused-ring (bicyclic) bond motifs is 7. The van der Waals surface area contributed by atoms with Gasteiger partial charge >= 0.3 is 0 Å². The highest BCUT2D eigenvalue weighted by atomic mass is 15.2. The van der Waals surface area contributed by atoms with Gasteiger partial charge in [-0.3, -0.25) is 9.97 Å². The molecule has 0 saturated heterocycles. The van der Waals surface area contributed by atoms with Gasteiger partial charge in [-0.1, -0.05) is 209 Å². The maximum Gasteiger partial charge on any atom is 0.141 e. The van der Waals surface area contributed by atoms with Crippen LogP contribution in [0, 0.1) is 55.4 Å². The Hall–Kier alpha value is -10.5. The van der Waals surface area contributed by atoms with Crippen LogP contribution in [0.15, 0.2) is 265 Å². The van der Waals surface area contributed by atoms with E-state index in [0.717, 1.165) is 34.2 Å². The molecule has 4 aromatic heterocycles. The zero-order valence-electron chi connectivity index (χ0n) is 51.0. The Labute approximate surface area is 510 Å². The van der Waals surface area contributed by atoms with Crippen LogP contribution in [0.2, 0.25) is 0 Å². The number of aryl methyl sites for hydroxylation is 8. The number of nitrogens with one attached hydrogen (secondary N) is 1. The molecule has 1 N–H and O–H groups in total. The summed E-state index contributed by atoms with van der Waals surface area (Å²) in [6, 6.07) is 86.1. The summed E-state index contributed by atoms with van der Waals surface area (Å²) >= 11 is 0. The molecule has 1 aliphatic heterocycles. The van der Waals surface area contributed by atoms with Crippen LogP contribution in [0.5, 0.6) is 0 Å². The minimum Gasteiger partial charge on any atom is -0.324 e. The van der Waals surface area contributed by atoms with E-state index in [1.165, 1.54) is 121 Å². The van der Waals surface area contributed by atoms with E-state index in [1.54, 1.807) is 0 Å². The number of hydrogen-bond donors (Lipinski definition) is 1. The van der Waals surface area contributed by atoms with Gasteiger partial charge in [-0.05, 0) is 146 Å². The first kappa shape index (κ1) is 57.0. The number of aliphatic imine (C=N–C) groups is 2. The molecule has 0 unspecified atom stereocenters. The van der Waals surface area contributed by atoms with Gasteiger partial charge in [0.25, 0.3) is 0 Å². The predicted molar refractivity (Wildman–Crippen MR) is 368 cm³/mol. The molecule has 0 saturated carbocycles. The first-order chi connectivity index (χ1) is 42.3. The van der Waals surface area contributed by atoms with Crippen LogP contribution in [-0.4, -0.2) is 36.9 Å². The number of amidine groups is 2. The van der Waals surface area contributed by atoms with Crippen molar-refractivity contribution in [1.82, 2.24) is 24.4 Å². The summed E-state index contributed by atoms with van der Waals surface area (Å²) in [7, 11) is 0. The summed E-state index contributed by atoms with van der Waals surface area (Å²) < 4.78 is 4.76. The number of nitrogens with zero attached hydrogens (tertiary/aromatic N) is 6. The van der Waals surface area contributed by atoms with Crippen LogP contribution in [0.3, 0.4) is 0 Å². The molecular formula is C80H71N7. The van der Waals surface area contributed by atoms with E-state index in [4.69, 9.17) is 0 Å². The van der Waals surface area contributed by atoms with Crippen molar-refractivity contribution in [2.75, 3.05) is 0 Å². The summed E-state index contributed by atoms with van der Waals surface area (Å²) in [5, 5.41) is 11.1. The molecule has 14 aromatic rings. The maximum absolute atomic E-state index is 4.61. The molecule has 5 heterocycles. The lowest BCUT2D eigenvalue weighted by molar-refractivity contribution is 0.771. The minimum absolute atomic E-state index is 0.0705. The summed E-state index contributed by atoms with van der Waals surface area (Å²) in [4.78, 5) is 18.2. The third-order valence-electron chi connectivity index (χ3n) is 16.1. The number of para-hydroxylation sites is 2. The van der Waals surface area contributed by atoms with Crippen molar-refractivity contribution >= 4 is 66.1 Å². The van der Waals surface area contributed by atoms with Gasteiger partial charge in [0.1, 0.15) is 17.8 Å². The fraction of sp³-hybridized carbons (Fsp3) is 0.125. The first-order valence-electron chi connectivity index (χ1n) is 29.9. The van der Waals surface area contributed by atoms with Gasteiger partial charge in [0.2, 0.25) is 0 Å². The molecule has 0 radical (unpaired) electrons. The lowest BCUT2D eigenvalue weighted by atomic mass is 10.0. The molecule has 1 aliphatic rings. The van der Waals surface area contributed by atoms with Gasteiger partial charge < -0.3 is 14.5 Å². The fourth-order valence-corrected chi connectivity index (χ4v) is 11.4. The molecule has 0 aliphatic carbocycles. The first-order valence-corrected chi connectivity index (χ1v) is 29.9. The van der Waals surface area contributed by atoms with Crippen LogP contribution < -0.4 is 5.32 Å². The van der Waals surface area contributed by atoms with Crippen molar-refractivity contribution in [3.05, 3.63) is 311 Å². The van der Waals surface area contributed by atoms with Crippen LogP contribution in [0.4, 0.5) is 0 Å². The van der Waals surface area contributed by atoms with Gasteiger partial charge in [-0.25, -0.2) is 9.98 Å². The predicted octanol–water partition coefficient (Wildman–Crippen LogP) is 19.8. The number of aromatic nitrogens is 4. The molecular weight excluding hydrogens is 1060 g/mol. The van der Waals surface area contributed by atoms with E-state index in [1.807, 2.05) is 26.2 Å². The van der Waals surface area contributed by atoms with E-state index < -0.39 is 0 Å². The van der Waals surface area contributed by atoms with Crippen LogP contribution in [0.1, 0.15) is 62.6 Å². The van der Waals surface area contributed by atoms with E-state index >= 15 is 0 Å². The molecule has 426 valence electrons. The van der Waals surface area contributed by atoms with Gasteiger partial charge in [0.05, 0.1) is 33.5 Å². The molecule has 0 atom stereocenters. The lowest BCUT2D eigenvalue weighted by Gasteiger charge is -2.20. The van der Waals surface area contributed by atoms with Gasteiger partial charge in [-0.2, -0.15) is 0 Å². The standard InChI is InChI=1S/C32H24N2.C18H19N3.C17H15N.C13H13N/c1-21-11-17-31-27(19-21)25-7-3-5-9-29(25)33(31)23-13-15-24(16-14-23)34-30-10-6-4-8-26(30)28-20-22(2)12-18-32(28)34;1-12-4-8-15(9-5-12)17-19-14(3)20-18(21-17)16-10-6-13(2)7-11-16;1-12-7-9-14(10-8-12)17-16-6-4-3-5-15(16)13(2)11-18-17;1-10-3-6-12(7-4-10)13-8-5-11(2)9-14-13/h3-20H,1-2H3;4-11,14H,1-3H3,(H,19,20,21);3-11H,1-2H3;3-9H,1-2H3. The molecule has 7 heteroatoms. The smallest absolute Gasteiger partial charge is 0.141 e. The maximum atomic E-state index is 4.61. The van der Waals surface area contributed by atoms with Gasteiger partial charge in [0.15, 0.2) is 0 Å². The second-order valence-electron chi connectivity index (χ2n) is 23.0. The van der Waals surface area contributed by atoms with Gasteiger partial charge in [-0.15, -0.1) is 0 Å². The third-order valence-corrected chi connectivity index (χ3v) is 16.1. The monoisotopic (exact) mass is 1130 g/mol. The number of pyridine rings is 2. The summed E-state index contributed by atoms with van der Waals surface area (Å²) in [5.74, 6) is 1.76. The molecule has 0 amide bonds. The lowest BCUT2D eigenvalue weighted by Crippen LogP contribution is -2.37. The van der Waals surface area contributed by atoms with Gasteiger partial charge in [0, 0.05) is 73.0 Å². The Morgan fingerprint density at radius 1 is 0.310 bits per heavy atom. The molecule has 0 fully saturated rings. The number of rotatable bonds is 6. The highest BCUT2D eigenvalue weighted by Crippen LogP contribution is 2.36. The van der Waals surface area contributed by atoms with E-state index in [9.17, 15) is 0 Å². The molecule has 0 spiro atoms. The van der Waals surface area contributed by atoms with Crippen molar-refractivity contribution in [3.63, 3.8) is 0 Å². The topological polar surface area (TPSA) is 72.4 Å². The van der Waals surface area contributed by atoms with Crippen molar-refractivity contribution in [2.24, 2.45) is 9.98 Å². The third kappa shape index (κ3) is 12.4. The van der Waals surface area contributed by atoms with Crippen molar-refractivity contribution in [2.45, 2.75) is 68.5 Å². The van der Waals surface area contributed by atoms with E-state index in [0.29, 0.717) is 0 Å². The quantitative estimate of drug-likeness (QED) is 0.180. The highest BCUT2D eigenvalue weighted by Gasteiger charge is 2.18. The molecule has 87 heavy (non-hydrogen) atoms. The van der Waals surface area contributed by atoms with E-state index in [2.05, 4.69) is 326 Å². The summed E-state index contributed by atoms with van der Waals surface area (Å²) in [6.45, 7) is 18.8. The van der Waals surface area contributed by atoms with Crippen LogP contribution in [-0.2, 0) is 0 Å². The average Bonchev–Trinajstić information content (AvgIpc) is 1.67. The van der Waals surface area contributed by atoms with Crippen molar-refractivity contribution in [3.8, 4) is 33.9 Å². The van der Waals surface area contributed by atoms with Crippen LogP contribution >= 0.6 is 0 Å². The zero-order valence-corrected chi connectivity index (χ0v) is 51.0. The number of hydrogen-bond acceptors (Lipinski definition) is 5. The van der Waals surface area contributed by atoms with Crippen LogP contribution in [0.25, 0.3) is 88.3 Å². The van der Waals surface area contributed by atoms with E-state index in [-0.39, 0.29) is 6.17 Å². The Kier molecular flexibility index (Phi) is 16.4. The summed E-state index contributed by atoms with van der Waals surface area (Å²) in [5.41, 5.74) is 24.0. The Balaban J connectivity index is 0.000000121. The Morgan fingerprint density at radius 3 is 1.14 bits per heavy atom. The average molecular weight is 1130 g/mol. The second kappa shape index (κ2) is 25.0. The SMILES string of the molecule is Cc1ccc(-c2ccc(C)cn2)cc1.Cc1ccc(-c2ncc(C)c3ccccc23)cc1.Cc1ccc(C2=NC(C)N=C(c3ccc(C)cc3)N2)cc1.Cc1ccc2c(c1)c1ccccc1n2-c1ccc(-n2c3ccccc3c3cc(C)ccc32)cc1. The minimum atomic E-state index is -0.0705. The molecule has 15 rings (SSSR count). The largest absolute Gasteiger partial charge is 0.324 e. The molecule has 10 aromatic carbocycles. The molecule has 7 nitrogen and oxygen atoms in total. The van der Waals surface area contributed by atoms with Crippen molar-refractivity contribution in [1.29, 1.82) is 0 Å². The normalized spacial score (nSPS) is 12.1. The van der Waals surface area contributed by atoms with Crippen molar-refractivity contribution < 1.29 is 0 Å². The fourth-order valence-electron chi connectivity index (χ4n) is 11.4. The number of benzene rings is 10. The summed E-state index contributed by atoms with van der Waals surface area (Å²) in [6.07, 6.45) is 3.78. The second-order valence-corrected chi connectivity index (χ2v) is 23.0. The zero-order chi connectivity index (χ0) is 60.1. The Morgan fingerprint density at radius 2 is 0.690 bits per heavy atom. The highest BCUT2D eigenvalue weighted by molar-refractivity contribution is 6.16. The Bertz CT molecular complexity index is 4570.